The first-order valence-corrected chi connectivity index (χ1v) is 10.8. The number of thiophene rings is 1. The fraction of sp³-hybridized carbons (Fsp3) is 0.217. The van der Waals surface area contributed by atoms with Gasteiger partial charge in [0.1, 0.15) is 10.9 Å². The van der Waals surface area contributed by atoms with Crippen molar-refractivity contribution in [3.8, 4) is 5.75 Å². The van der Waals surface area contributed by atoms with Crippen molar-refractivity contribution in [1.29, 1.82) is 0 Å². The van der Waals surface area contributed by atoms with Crippen LogP contribution in [0.4, 0.5) is 5.69 Å². The van der Waals surface area contributed by atoms with Gasteiger partial charge in [-0.15, -0.1) is 11.3 Å². The number of fused-ring (bicyclic) bond motifs is 3. The van der Waals surface area contributed by atoms with Gasteiger partial charge < -0.3 is 9.64 Å². The smallest absolute Gasteiger partial charge is 0.268 e. The first kappa shape index (κ1) is 19.7. The van der Waals surface area contributed by atoms with Crippen LogP contribution in [0.15, 0.2) is 48.5 Å². The van der Waals surface area contributed by atoms with Gasteiger partial charge in [-0.1, -0.05) is 23.2 Å². The van der Waals surface area contributed by atoms with Gasteiger partial charge >= 0.3 is 0 Å². The molecule has 0 fully saturated rings. The van der Waals surface area contributed by atoms with E-state index in [-0.39, 0.29) is 5.91 Å². The normalized spacial score (nSPS) is 11.2. The van der Waals surface area contributed by atoms with Gasteiger partial charge in [-0.25, -0.2) is 4.98 Å². The van der Waals surface area contributed by atoms with E-state index in [1.54, 1.807) is 4.90 Å². The Morgan fingerprint density at radius 2 is 1.86 bits per heavy atom. The van der Waals surface area contributed by atoms with Gasteiger partial charge in [0, 0.05) is 27.7 Å². The van der Waals surface area contributed by atoms with Crippen molar-refractivity contribution in [2.45, 2.75) is 20.8 Å². The molecule has 1 amide bonds. The molecule has 2 heterocycles. The van der Waals surface area contributed by atoms with Crippen molar-refractivity contribution < 1.29 is 9.53 Å². The molecule has 0 aliphatic heterocycles. The van der Waals surface area contributed by atoms with Crippen LogP contribution < -0.4 is 9.64 Å². The maximum absolute atomic E-state index is 13.3. The summed E-state index contributed by atoms with van der Waals surface area (Å²) in [6, 6.07) is 15.5. The van der Waals surface area contributed by atoms with E-state index >= 15 is 0 Å². The van der Waals surface area contributed by atoms with Gasteiger partial charge in [0.2, 0.25) is 0 Å². The van der Waals surface area contributed by atoms with Crippen LogP contribution in [-0.2, 0) is 0 Å². The number of ether oxygens (including phenoxy) is 1. The molecule has 2 aromatic carbocycles. The van der Waals surface area contributed by atoms with Crippen LogP contribution in [-0.4, -0.2) is 24.0 Å². The van der Waals surface area contributed by atoms with E-state index in [1.165, 1.54) is 11.3 Å². The molecule has 4 nitrogen and oxygen atoms in total. The zero-order valence-electron chi connectivity index (χ0n) is 16.5. The molecule has 29 heavy (non-hydrogen) atoms. The Morgan fingerprint density at radius 1 is 1.10 bits per heavy atom. The summed E-state index contributed by atoms with van der Waals surface area (Å²) in [5, 5.41) is 2.27. The highest BCUT2D eigenvalue weighted by Crippen LogP contribution is 2.37. The monoisotopic (exact) mass is 424 g/mol. The SMILES string of the molecule is CCOc1ccc(N(CC)C(=O)c2cc3c(Cl)nc4ccc(C)cc4c3s2)cc1. The highest BCUT2D eigenvalue weighted by molar-refractivity contribution is 7.22. The Morgan fingerprint density at radius 3 is 2.55 bits per heavy atom. The van der Waals surface area contributed by atoms with Crippen LogP contribution in [0.5, 0.6) is 5.75 Å². The summed E-state index contributed by atoms with van der Waals surface area (Å²) in [4.78, 5) is 20.2. The lowest BCUT2D eigenvalue weighted by molar-refractivity contribution is 0.0992. The van der Waals surface area contributed by atoms with Gasteiger partial charge in [0.05, 0.1) is 17.0 Å². The molecule has 0 radical (unpaired) electrons. The highest BCUT2D eigenvalue weighted by atomic mass is 35.5. The Balaban J connectivity index is 1.76. The summed E-state index contributed by atoms with van der Waals surface area (Å²) in [7, 11) is 0. The molecule has 148 valence electrons. The highest BCUT2D eigenvalue weighted by Gasteiger charge is 2.21. The number of aryl methyl sites for hydroxylation is 1. The molecule has 2 aromatic heterocycles. The quantitative estimate of drug-likeness (QED) is 0.344. The number of nitrogens with zero attached hydrogens (tertiary/aromatic N) is 2. The summed E-state index contributed by atoms with van der Waals surface area (Å²) in [5.41, 5.74) is 2.82. The maximum Gasteiger partial charge on any atom is 0.268 e. The molecular formula is C23H21ClN2O2S. The van der Waals surface area contributed by atoms with Gasteiger partial charge in [0.25, 0.3) is 5.91 Å². The van der Waals surface area contributed by atoms with Crippen molar-refractivity contribution >= 4 is 55.5 Å². The predicted octanol–water partition coefficient (Wildman–Crippen LogP) is 6.48. The van der Waals surface area contributed by atoms with Crippen LogP contribution in [0.1, 0.15) is 29.1 Å². The topological polar surface area (TPSA) is 42.4 Å². The molecule has 0 unspecified atom stereocenters. The molecule has 0 aliphatic rings. The number of rotatable bonds is 5. The second-order valence-electron chi connectivity index (χ2n) is 6.75. The molecule has 0 spiro atoms. The van der Waals surface area contributed by atoms with Crippen LogP contribution in [0, 0.1) is 6.92 Å². The lowest BCUT2D eigenvalue weighted by atomic mass is 10.1. The number of anilines is 1. The zero-order chi connectivity index (χ0) is 20.5. The standard InChI is InChI=1S/C23H21ClN2O2S/c1-4-26(15-7-9-16(10-8-15)28-5-2)23(27)20-13-18-21(29-20)17-12-14(3)6-11-19(17)25-22(18)24/h6-13H,4-5H2,1-3H3. The lowest BCUT2D eigenvalue weighted by Gasteiger charge is -2.20. The molecule has 0 saturated heterocycles. The summed E-state index contributed by atoms with van der Waals surface area (Å²) >= 11 is 7.90. The number of halogens is 1. The van der Waals surface area contributed by atoms with E-state index in [2.05, 4.69) is 11.1 Å². The first-order valence-electron chi connectivity index (χ1n) is 9.56. The third-order valence-corrected chi connectivity index (χ3v) is 6.25. The van der Waals surface area contributed by atoms with E-state index in [0.29, 0.717) is 23.2 Å². The molecule has 0 atom stereocenters. The maximum atomic E-state index is 13.3. The van der Waals surface area contributed by atoms with Crippen LogP contribution in [0.25, 0.3) is 21.0 Å². The molecule has 6 heteroatoms. The van der Waals surface area contributed by atoms with E-state index in [4.69, 9.17) is 16.3 Å². The van der Waals surface area contributed by atoms with Gasteiger partial charge in [-0.2, -0.15) is 0 Å². The van der Waals surface area contributed by atoms with Crippen molar-refractivity contribution in [3.05, 3.63) is 64.1 Å². The van der Waals surface area contributed by atoms with E-state index in [1.807, 2.05) is 63.2 Å². The molecule has 4 aromatic rings. The minimum atomic E-state index is -0.0465. The molecule has 0 bridgehead atoms. The summed E-state index contributed by atoms with van der Waals surface area (Å²) < 4.78 is 6.50. The third kappa shape index (κ3) is 3.68. The Bertz CT molecular complexity index is 1200. The van der Waals surface area contributed by atoms with Crippen LogP contribution in [0.3, 0.4) is 0 Å². The molecule has 0 aliphatic carbocycles. The largest absolute Gasteiger partial charge is 0.494 e. The van der Waals surface area contributed by atoms with Crippen molar-refractivity contribution in [3.63, 3.8) is 0 Å². The Kier molecular flexibility index (Phi) is 5.43. The Labute approximate surface area is 178 Å². The number of hydrogen-bond donors (Lipinski definition) is 0. The average Bonchev–Trinajstić information content (AvgIpc) is 3.17. The van der Waals surface area contributed by atoms with Crippen molar-refractivity contribution in [2.24, 2.45) is 0 Å². The molecule has 0 N–H and O–H groups in total. The summed E-state index contributed by atoms with van der Waals surface area (Å²) in [6.45, 7) is 7.13. The number of pyridine rings is 1. The Hall–Kier alpha value is -2.63. The number of carbonyl (C=O) groups excluding carboxylic acids is 1. The van der Waals surface area contributed by atoms with Crippen LogP contribution in [0.2, 0.25) is 5.15 Å². The predicted molar refractivity (Wildman–Crippen MR) is 122 cm³/mol. The fourth-order valence-corrected chi connectivity index (χ4v) is 4.84. The second-order valence-corrected chi connectivity index (χ2v) is 8.16. The summed E-state index contributed by atoms with van der Waals surface area (Å²) in [6.07, 6.45) is 0. The van der Waals surface area contributed by atoms with E-state index < -0.39 is 0 Å². The second kappa shape index (κ2) is 8.01. The molecule has 0 saturated carbocycles. The minimum Gasteiger partial charge on any atom is -0.494 e. The molecule has 4 rings (SSSR count). The average molecular weight is 425 g/mol. The number of aromatic nitrogens is 1. The summed E-state index contributed by atoms with van der Waals surface area (Å²) in [5.74, 6) is 0.746. The number of carbonyl (C=O) groups is 1. The first-order chi connectivity index (χ1) is 14.0. The lowest BCUT2D eigenvalue weighted by Crippen LogP contribution is -2.29. The van der Waals surface area contributed by atoms with Crippen molar-refractivity contribution in [1.82, 2.24) is 4.98 Å². The van der Waals surface area contributed by atoms with Crippen LogP contribution >= 0.6 is 22.9 Å². The van der Waals surface area contributed by atoms with E-state index in [9.17, 15) is 4.79 Å². The van der Waals surface area contributed by atoms with E-state index in [0.717, 1.165) is 38.0 Å². The number of amides is 1. The van der Waals surface area contributed by atoms with Gasteiger partial charge in [-0.05, 0) is 63.2 Å². The fourth-order valence-electron chi connectivity index (χ4n) is 3.41. The number of benzene rings is 2. The zero-order valence-corrected chi connectivity index (χ0v) is 18.1. The van der Waals surface area contributed by atoms with Crippen molar-refractivity contribution in [2.75, 3.05) is 18.1 Å². The third-order valence-electron chi connectivity index (χ3n) is 4.80. The van der Waals surface area contributed by atoms with Gasteiger partial charge in [-0.3, -0.25) is 4.79 Å². The minimum absolute atomic E-state index is 0.0465. The molecular weight excluding hydrogens is 404 g/mol. The van der Waals surface area contributed by atoms with Gasteiger partial charge in [0.15, 0.2) is 0 Å². The number of hydrogen-bond acceptors (Lipinski definition) is 4.